The number of carbonyl (C=O) groups excluding carboxylic acids is 1. The van der Waals surface area contributed by atoms with Crippen LogP contribution in [0.2, 0.25) is 0 Å². The lowest BCUT2D eigenvalue weighted by Crippen LogP contribution is -2.42. The van der Waals surface area contributed by atoms with Crippen LogP contribution in [-0.4, -0.2) is 41.0 Å². The van der Waals surface area contributed by atoms with Gasteiger partial charge in [-0.3, -0.25) is 9.78 Å². The van der Waals surface area contributed by atoms with E-state index >= 15 is 0 Å². The zero-order valence-electron chi connectivity index (χ0n) is 10.8. The average Bonchev–Trinajstić information content (AvgIpc) is 3.13. The lowest BCUT2D eigenvalue weighted by molar-refractivity contribution is 0.0723. The number of nitrogens with zero attached hydrogens (tertiary/aromatic N) is 2. The second-order valence-electron chi connectivity index (χ2n) is 5.34. The molecule has 1 aromatic heterocycles. The van der Waals surface area contributed by atoms with Crippen LogP contribution in [-0.2, 0) is 0 Å². The molecule has 0 spiro atoms. The number of nitrogens with one attached hydrogen (secondary N) is 1. The van der Waals surface area contributed by atoms with Gasteiger partial charge in [-0.05, 0) is 38.3 Å². The minimum Gasteiger partial charge on any atom is -0.334 e. The third-order valence-corrected chi connectivity index (χ3v) is 3.83. The molecule has 19 heavy (non-hydrogen) atoms. The van der Waals surface area contributed by atoms with E-state index < -0.39 is 5.82 Å². The van der Waals surface area contributed by atoms with E-state index in [0.29, 0.717) is 18.6 Å². The van der Waals surface area contributed by atoms with E-state index in [2.05, 4.69) is 10.3 Å². The number of halogens is 1. The number of pyridine rings is 1. The van der Waals surface area contributed by atoms with Crippen molar-refractivity contribution in [3.8, 4) is 0 Å². The van der Waals surface area contributed by atoms with Gasteiger partial charge in [-0.2, -0.15) is 0 Å². The summed E-state index contributed by atoms with van der Waals surface area (Å²) in [5.41, 5.74) is 0.139. The van der Waals surface area contributed by atoms with Gasteiger partial charge in [0, 0.05) is 24.8 Å². The van der Waals surface area contributed by atoms with Crippen molar-refractivity contribution in [1.29, 1.82) is 0 Å². The standard InChI is InChI=1S/C14H18FN3O/c15-13-8-16-7-5-12(13)14(19)18(11-3-4-11)9-10-2-1-6-17-10/h5,7-8,10-11,17H,1-4,6,9H2. The first-order valence-electron chi connectivity index (χ1n) is 6.89. The van der Waals surface area contributed by atoms with Crippen molar-refractivity contribution in [3.05, 3.63) is 29.8 Å². The number of hydrogen-bond acceptors (Lipinski definition) is 3. The Balaban J connectivity index is 1.76. The molecule has 0 radical (unpaired) electrons. The molecule has 102 valence electrons. The number of amides is 1. The Kier molecular flexibility index (Phi) is 3.46. The third kappa shape index (κ3) is 2.76. The van der Waals surface area contributed by atoms with Gasteiger partial charge in [0.2, 0.25) is 0 Å². The van der Waals surface area contributed by atoms with E-state index in [1.165, 1.54) is 12.3 Å². The molecule has 0 aromatic carbocycles. The SMILES string of the molecule is O=C(c1ccncc1F)N(CC1CCCN1)C1CC1. The molecule has 5 heteroatoms. The number of rotatable bonds is 4. The fourth-order valence-electron chi connectivity index (χ4n) is 2.64. The van der Waals surface area contributed by atoms with Crippen LogP contribution in [0, 0.1) is 5.82 Å². The van der Waals surface area contributed by atoms with Gasteiger partial charge in [0.25, 0.3) is 5.91 Å². The van der Waals surface area contributed by atoms with Crippen molar-refractivity contribution in [2.75, 3.05) is 13.1 Å². The minimum atomic E-state index is -0.530. The van der Waals surface area contributed by atoms with Crippen molar-refractivity contribution in [2.24, 2.45) is 0 Å². The van der Waals surface area contributed by atoms with E-state index in [-0.39, 0.29) is 11.5 Å². The molecule has 4 nitrogen and oxygen atoms in total. The Morgan fingerprint density at radius 2 is 2.32 bits per heavy atom. The summed E-state index contributed by atoms with van der Waals surface area (Å²) in [4.78, 5) is 18.0. The Morgan fingerprint density at radius 3 is 2.95 bits per heavy atom. The highest BCUT2D eigenvalue weighted by Gasteiger charge is 2.35. The lowest BCUT2D eigenvalue weighted by atomic mass is 10.1. The van der Waals surface area contributed by atoms with Gasteiger partial charge >= 0.3 is 0 Å². The van der Waals surface area contributed by atoms with E-state index in [1.54, 1.807) is 0 Å². The van der Waals surface area contributed by atoms with Crippen molar-refractivity contribution in [3.63, 3.8) is 0 Å². The minimum absolute atomic E-state index is 0.139. The van der Waals surface area contributed by atoms with Crippen LogP contribution < -0.4 is 5.32 Å². The maximum atomic E-state index is 13.7. The highest BCUT2D eigenvalue weighted by molar-refractivity contribution is 5.94. The lowest BCUT2D eigenvalue weighted by Gasteiger charge is -2.26. The van der Waals surface area contributed by atoms with E-state index in [1.807, 2.05) is 4.90 Å². The molecule has 1 N–H and O–H groups in total. The van der Waals surface area contributed by atoms with Crippen LogP contribution in [0.5, 0.6) is 0 Å². The smallest absolute Gasteiger partial charge is 0.257 e. The Hall–Kier alpha value is -1.49. The van der Waals surface area contributed by atoms with Crippen LogP contribution in [0.3, 0.4) is 0 Å². The summed E-state index contributed by atoms with van der Waals surface area (Å²) >= 11 is 0. The summed E-state index contributed by atoms with van der Waals surface area (Å²) in [5, 5.41) is 3.39. The zero-order valence-corrected chi connectivity index (χ0v) is 10.8. The van der Waals surface area contributed by atoms with Gasteiger partial charge in [0.15, 0.2) is 5.82 Å². The van der Waals surface area contributed by atoms with Crippen LogP contribution in [0.25, 0.3) is 0 Å². The van der Waals surface area contributed by atoms with Gasteiger partial charge in [-0.15, -0.1) is 0 Å². The summed E-state index contributed by atoms with van der Waals surface area (Å²) in [6.07, 6.45) is 6.88. The number of hydrogen-bond donors (Lipinski definition) is 1. The summed E-state index contributed by atoms with van der Waals surface area (Å²) in [6.45, 7) is 1.70. The summed E-state index contributed by atoms with van der Waals surface area (Å²) in [5.74, 6) is -0.728. The molecule has 1 unspecified atom stereocenters. The number of aromatic nitrogens is 1. The highest BCUT2D eigenvalue weighted by atomic mass is 19.1. The zero-order chi connectivity index (χ0) is 13.2. The first-order valence-corrected chi connectivity index (χ1v) is 6.89. The maximum Gasteiger partial charge on any atom is 0.257 e. The van der Waals surface area contributed by atoms with Crippen LogP contribution in [0.15, 0.2) is 18.5 Å². The van der Waals surface area contributed by atoms with Crippen LogP contribution in [0.1, 0.15) is 36.0 Å². The van der Waals surface area contributed by atoms with Crippen molar-refractivity contribution in [1.82, 2.24) is 15.2 Å². The second kappa shape index (κ2) is 5.25. The van der Waals surface area contributed by atoms with E-state index in [9.17, 15) is 9.18 Å². The summed E-state index contributed by atoms with van der Waals surface area (Å²) in [6, 6.07) is 2.12. The third-order valence-electron chi connectivity index (χ3n) is 3.83. The fraction of sp³-hybridized carbons (Fsp3) is 0.571. The molecule has 2 aliphatic rings. The molecule has 1 aromatic rings. The van der Waals surface area contributed by atoms with Crippen molar-refractivity contribution in [2.45, 2.75) is 37.8 Å². The van der Waals surface area contributed by atoms with Crippen molar-refractivity contribution >= 4 is 5.91 Å². The Bertz CT molecular complexity index is 470. The highest BCUT2D eigenvalue weighted by Crippen LogP contribution is 2.29. The van der Waals surface area contributed by atoms with Gasteiger partial charge < -0.3 is 10.2 Å². The van der Waals surface area contributed by atoms with Crippen LogP contribution in [0.4, 0.5) is 4.39 Å². The van der Waals surface area contributed by atoms with Gasteiger partial charge in [0.1, 0.15) is 0 Å². The second-order valence-corrected chi connectivity index (χ2v) is 5.34. The van der Waals surface area contributed by atoms with Gasteiger partial charge in [-0.25, -0.2) is 4.39 Å². The summed E-state index contributed by atoms with van der Waals surface area (Å²) in [7, 11) is 0. The average molecular weight is 263 g/mol. The molecule has 1 aliphatic heterocycles. The quantitative estimate of drug-likeness (QED) is 0.897. The molecule has 2 fully saturated rings. The van der Waals surface area contributed by atoms with Gasteiger partial charge in [-0.1, -0.05) is 0 Å². The van der Waals surface area contributed by atoms with E-state index in [4.69, 9.17) is 0 Å². The monoisotopic (exact) mass is 263 g/mol. The number of carbonyl (C=O) groups is 1. The molecule has 1 saturated carbocycles. The molecule has 1 amide bonds. The Labute approximate surface area is 112 Å². The molecular weight excluding hydrogens is 245 g/mol. The first-order chi connectivity index (χ1) is 9.25. The molecule has 1 atom stereocenters. The molecule has 2 heterocycles. The first kappa shape index (κ1) is 12.5. The topological polar surface area (TPSA) is 45.2 Å². The van der Waals surface area contributed by atoms with Crippen LogP contribution >= 0.6 is 0 Å². The molecule has 1 aliphatic carbocycles. The molecule has 0 bridgehead atoms. The largest absolute Gasteiger partial charge is 0.334 e. The Morgan fingerprint density at radius 1 is 1.47 bits per heavy atom. The normalized spacial score (nSPS) is 22.5. The van der Waals surface area contributed by atoms with E-state index in [0.717, 1.165) is 38.4 Å². The fourth-order valence-corrected chi connectivity index (χ4v) is 2.64. The molecule has 1 saturated heterocycles. The van der Waals surface area contributed by atoms with Gasteiger partial charge in [0.05, 0.1) is 11.8 Å². The molecular formula is C14H18FN3O. The predicted molar refractivity (Wildman–Crippen MR) is 69.3 cm³/mol. The summed E-state index contributed by atoms with van der Waals surface area (Å²) < 4.78 is 13.7. The molecule has 3 rings (SSSR count). The predicted octanol–water partition coefficient (Wildman–Crippen LogP) is 1.58. The van der Waals surface area contributed by atoms with Crippen molar-refractivity contribution < 1.29 is 9.18 Å². The maximum absolute atomic E-state index is 13.7.